The van der Waals surface area contributed by atoms with Crippen molar-refractivity contribution in [2.75, 3.05) is 11.9 Å². The molecule has 136 valence electrons. The number of aromatic nitrogens is 2. The fraction of sp³-hybridized carbons (Fsp3) is 0.190. The summed E-state index contributed by atoms with van der Waals surface area (Å²) in [6.07, 6.45) is 3.25. The van der Waals surface area contributed by atoms with Gasteiger partial charge in [-0.3, -0.25) is 0 Å². The minimum atomic E-state index is -0.545. The first kappa shape index (κ1) is 18.5. The molecule has 27 heavy (non-hydrogen) atoms. The summed E-state index contributed by atoms with van der Waals surface area (Å²) in [6.45, 7) is 11.7. The Morgan fingerprint density at radius 1 is 1.00 bits per heavy atom. The van der Waals surface area contributed by atoms with E-state index in [1.807, 2.05) is 13.8 Å². The van der Waals surface area contributed by atoms with E-state index in [2.05, 4.69) is 20.1 Å². The molecule has 3 rings (SSSR count). The standard InChI is InChI=1S/C21H18F2N4/c1-21(2,16-5-7-17(22)8-6-16)13-27-20-25-11-15(12-26-20)14-4-9-18(23)19(10-14)24-3/h4-12H,13H2,1-2H3,(H,25,26,27). The molecule has 0 aliphatic heterocycles. The van der Waals surface area contributed by atoms with Crippen LogP contribution in [-0.4, -0.2) is 16.5 Å². The molecule has 1 N–H and O–H groups in total. The van der Waals surface area contributed by atoms with Crippen LogP contribution in [0.1, 0.15) is 19.4 Å². The summed E-state index contributed by atoms with van der Waals surface area (Å²) in [4.78, 5) is 11.7. The molecule has 0 amide bonds. The van der Waals surface area contributed by atoms with Gasteiger partial charge in [0.25, 0.3) is 0 Å². The van der Waals surface area contributed by atoms with Crippen LogP contribution >= 0.6 is 0 Å². The van der Waals surface area contributed by atoms with Crippen LogP contribution in [0.25, 0.3) is 16.0 Å². The largest absolute Gasteiger partial charge is 0.353 e. The number of nitrogens with zero attached hydrogens (tertiary/aromatic N) is 3. The number of nitrogens with one attached hydrogen (secondary N) is 1. The fourth-order valence-electron chi connectivity index (χ4n) is 2.65. The molecule has 0 atom stereocenters. The second kappa shape index (κ2) is 7.50. The maximum absolute atomic E-state index is 13.4. The fourth-order valence-corrected chi connectivity index (χ4v) is 2.65. The second-order valence-corrected chi connectivity index (χ2v) is 6.82. The Hall–Kier alpha value is -3.33. The summed E-state index contributed by atoms with van der Waals surface area (Å²) in [5.74, 6) is -0.346. The van der Waals surface area contributed by atoms with Gasteiger partial charge in [0.05, 0.1) is 6.57 Å². The normalized spacial score (nSPS) is 11.1. The van der Waals surface area contributed by atoms with Gasteiger partial charge >= 0.3 is 0 Å². The smallest absolute Gasteiger partial charge is 0.222 e. The first-order valence-electron chi connectivity index (χ1n) is 8.38. The average molecular weight is 364 g/mol. The molecule has 2 aromatic carbocycles. The molecule has 3 aromatic rings. The molecule has 1 aromatic heterocycles. The van der Waals surface area contributed by atoms with E-state index in [0.29, 0.717) is 23.6 Å². The van der Waals surface area contributed by atoms with Crippen molar-refractivity contribution in [3.63, 3.8) is 0 Å². The van der Waals surface area contributed by atoms with Crippen LogP contribution in [0.5, 0.6) is 0 Å². The van der Waals surface area contributed by atoms with Crippen LogP contribution < -0.4 is 5.32 Å². The van der Waals surface area contributed by atoms with Gasteiger partial charge in [-0.15, -0.1) is 0 Å². The van der Waals surface area contributed by atoms with Gasteiger partial charge in [0.15, 0.2) is 0 Å². The highest BCUT2D eigenvalue weighted by molar-refractivity contribution is 5.67. The Kier molecular flexibility index (Phi) is 5.13. The number of rotatable bonds is 5. The van der Waals surface area contributed by atoms with E-state index in [9.17, 15) is 8.78 Å². The van der Waals surface area contributed by atoms with Gasteiger partial charge in [-0.25, -0.2) is 23.6 Å². The van der Waals surface area contributed by atoms with Crippen molar-refractivity contribution < 1.29 is 8.78 Å². The molecule has 0 saturated heterocycles. The van der Waals surface area contributed by atoms with Crippen LogP contribution in [0.2, 0.25) is 0 Å². The quantitative estimate of drug-likeness (QED) is 0.620. The number of hydrogen-bond acceptors (Lipinski definition) is 3. The Morgan fingerprint density at radius 3 is 2.30 bits per heavy atom. The lowest BCUT2D eigenvalue weighted by Gasteiger charge is -2.25. The van der Waals surface area contributed by atoms with E-state index in [1.165, 1.54) is 24.3 Å². The van der Waals surface area contributed by atoms with Gasteiger partial charge in [-0.2, -0.15) is 0 Å². The molecule has 0 saturated carbocycles. The van der Waals surface area contributed by atoms with Gasteiger partial charge < -0.3 is 5.32 Å². The second-order valence-electron chi connectivity index (χ2n) is 6.82. The third-order valence-corrected chi connectivity index (χ3v) is 4.37. The number of halogens is 2. The SMILES string of the molecule is [C-]#[N+]c1cc(-c2cnc(NCC(C)(C)c3ccc(F)cc3)nc2)ccc1F. The molecule has 0 fully saturated rings. The molecule has 0 aliphatic rings. The molecular weight excluding hydrogens is 346 g/mol. The van der Waals surface area contributed by atoms with Crippen LogP contribution in [0.4, 0.5) is 20.4 Å². The van der Waals surface area contributed by atoms with Crippen LogP contribution in [0.15, 0.2) is 54.9 Å². The van der Waals surface area contributed by atoms with E-state index in [1.54, 1.807) is 30.6 Å². The molecule has 0 radical (unpaired) electrons. The first-order chi connectivity index (χ1) is 12.9. The van der Waals surface area contributed by atoms with Gasteiger partial charge in [-0.1, -0.05) is 32.0 Å². The third-order valence-electron chi connectivity index (χ3n) is 4.37. The van der Waals surface area contributed by atoms with E-state index in [4.69, 9.17) is 6.57 Å². The summed E-state index contributed by atoms with van der Waals surface area (Å²) >= 11 is 0. The number of hydrogen-bond donors (Lipinski definition) is 1. The molecule has 0 bridgehead atoms. The Balaban J connectivity index is 1.71. The van der Waals surface area contributed by atoms with Crippen LogP contribution in [0, 0.1) is 18.2 Å². The van der Waals surface area contributed by atoms with E-state index < -0.39 is 5.82 Å². The molecule has 0 unspecified atom stereocenters. The lowest BCUT2D eigenvalue weighted by Crippen LogP contribution is -2.28. The van der Waals surface area contributed by atoms with Gasteiger partial charge in [-0.05, 0) is 35.4 Å². The van der Waals surface area contributed by atoms with E-state index in [-0.39, 0.29) is 16.9 Å². The highest BCUT2D eigenvalue weighted by Crippen LogP contribution is 2.27. The van der Waals surface area contributed by atoms with Gasteiger partial charge in [0, 0.05) is 29.9 Å². The number of benzene rings is 2. The summed E-state index contributed by atoms with van der Waals surface area (Å²) < 4.78 is 26.5. The molecule has 0 spiro atoms. The van der Waals surface area contributed by atoms with Crippen LogP contribution in [-0.2, 0) is 5.41 Å². The minimum absolute atomic E-state index is 0.0317. The zero-order valence-corrected chi connectivity index (χ0v) is 15.0. The number of anilines is 1. The summed E-state index contributed by atoms with van der Waals surface area (Å²) in [5.41, 5.74) is 2.11. The molecule has 6 heteroatoms. The lowest BCUT2D eigenvalue weighted by molar-refractivity contribution is 0.551. The summed E-state index contributed by atoms with van der Waals surface area (Å²) in [5, 5.41) is 3.18. The molecule has 0 aliphatic carbocycles. The van der Waals surface area contributed by atoms with Crippen molar-refractivity contribution in [3.05, 3.63) is 83.5 Å². The van der Waals surface area contributed by atoms with E-state index in [0.717, 1.165) is 5.56 Å². The average Bonchev–Trinajstić information content (AvgIpc) is 2.68. The van der Waals surface area contributed by atoms with Crippen molar-refractivity contribution >= 4 is 11.6 Å². The molecule has 4 nitrogen and oxygen atoms in total. The first-order valence-corrected chi connectivity index (χ1v) is 8.38. The van der Waals surface area contributed by atoms with E-state index >= 15 is 0 Å². The summed E-state index contributed by atoms with van der Waals surface area (Å²) in [6, 6.07) is 10.8. The summed E-state index contributed by atoms with van der Waals surface area (Å²) in [7, 11) is 0. The highest BCUT2D eigenvalue weighted by atomic mass is 19.1. The van der Waals surface area contributed by atoms with Crippen LogP contribution in [0.3, 0.4) is 0 Å². The van der Waals surface area contributed by atoms with Crippen molar-refractivity contribution in [1.82, 2.24) is 9.97 Å². The van der Waals surface area contributed by atoms with Crippen molar-refractivity contribution in [2.45, 2.75) is 19.3 Å². The highest BCUT2D eigenvalue weighted by Gasteiger charge is 2.20. The van der Waals surface area contributed by atoms with Crippen molar-refractivity contribution in [1.29, 1.82) is 0 Å². The van der Waals surface area contributed by atoms with Gasteiger partial charge in [0.2, 0.25) is 11.6 Å². The Labute approximate surface area is 156 Å². The predicted octanol–water partition coefficient (Wildman–Crippen LogP) is 5.36. The third kappa shape index (κ3) is 4.26. The predicted molar refractivity (Wildman–Crippen MR) is 102 cm³/mol. The maximum Gasteiger partial charge on any atom is 0.222 e. The zero-order valence-electron chi connectivity index (χ0n) is 15.0. The Bertz CT molecular complexity index is 975. The van der Waals surface area contributed by atoms with Crippen molar-refractivity contribution in [3.8, 4) is 11.1 Å². The van der Waals surface area contributed by atoms with Crippen molar-refractivity contribution in [2.24, 2.45) is 0 Å². The lowest BCUT2D eigenvalue weighted by atomic mass is 9.84. The Morgan fingerprint density at radius 2 is 1.67 bits per heavy atom. The molecule has 1 heterocycles. The minimum Gasteiger partial charge on any atom is -0.353 e. The monoisotopic (exact) mass is 364 g/mol. The van der Waals surface area contributed by atoms with Gasteiger partial charge in [0.1, 0.15) is 11.6 Å². The topological polar surface area (TPSA) is 42.2 Å². The maximum atomic E-state index is 13.4. The zero-order chi connectivity index (χ0) is 19.4. The molecular formula is C21H18F2N4.